The van der Waals surface area contributed by atoms with Crippen LogP contribution in [-0.4, -0.2) is 16.2 Å². The first-order chi connectivity index (χ1) is 28.2. The highest BCUT2D eigenvalue weighted by atomic mass is 16.3. The third-order valence-electron chi connectivity index (χ3n) is 11.3. The highest BCUT2D eigenvalue weighted by molar-refractivity contribution is 6.17. The molecule has 0 saturated heterocycles. The summed E-state index contributed by atoms with van der Waals surface area (Å²) in [5.74, 6) is 1.38. The van der Waals surface area contributed by atoms with E-state index in [0.29, 0.717) is 5.84 Å². The van der Waals surface area contributed by atoms with Crippen LogP contribution in [0.1, 0.15) is 22.9 Å². The van der Waals surface area contributed by atoms with Crippen molar-refractivity contribution in [3.05, 3.63) is 199 Å². The normalized spacial score (nSPS) is 14.5. The highest BCUT2D eigenvalue weighted by Gasteiger charge is 2.23. The van der Waals surface area contributed by atoms with Gasteiger partial charge in [0.15, 0.2) is 5.84 Å². The van der Waals surface area contributed by atoms with Gasteiger partial charge in [0.25, 0.3) is 0 Å². The number of nitrogens with one attached hydrogen (secondary N) is 1. The van der Waals surface area contributed by atoms with E-state index in [1.165, 1.54) is 21.8 Å². The largest absolute Gasteiger partial charge is 0.456 e. The van der Waals surface area contributed by atoms with Crippen LogP contribution in [0.3, 0.4) is 0 Å². The van der Waals surface area contributed by atoms with Crippen LogP contribution in [-0.2, 0) is 0 Å². The van der Waals surface area contributed by atoms with Crippen LogP contribution >= 0.6 is 0 Å². The summed E-state index contributed by atoms with van der Waals surface area (Å²) in [5.41, 5.74) is 12.0. The summed E-state index contributed by atoms with van der Waals surface area (Å²) in [6.07, 6.45) is -0.328. The molecule has 0 fully saturated rings. The van der Waals surface area contributed by atoms with Crippen LogP contribution in [0.2, 0.25) is 0 Å². The molecule has 12 rings (SSSR count). The van der Waals surface area contributed by atoms with Gasteiger partial charge in [-0.3, -0.25) is 0 Å². The number of nitrogens with zero attached hydrogens (tertiary/aromatic N) is 3. The summed E-state index contributed by atoms with van der Waals surface area (Å²) in [6.45, 7) is 0. The lowest BCUT2D eigenvalue weighted by Crippen LogP contribution is -2.33. The standard InChI is InChI=1S/C51H32N4O2/c1-3-11-31(12-4-1)49-52-50(54-51(53-49)35-19-23-39-38-16-8-10-18-45(38)57-48(39)30-35)34-22-26-47-42(29-34)41-28-33(21-25-46(41)56-47)32-20-24-44-40(27-32)37-15-7-9-17-43(37)55(44)36-13-5-2-6-14-36/h1-30,49H,(H,52,53,54). The molecule has 4 heterocycles. The molecule has 8 aromatic carbocycles. The fourth-order valence-electron chi connectivity index (χ4n) is 8.51. The second kappa shape index (κ2) is 12.4. The van der Waals surface area contributed by atoms with E-state index in [4.69, 9.17) is 18.8 Å². The second-order valence-electron chi connectivity index (χ2n) is 14.6. The van der Waals surface area contributed by atoms with E-state index in [-0.39, 0.29) is 6.17 Å². The molecule has 0 radical (unpaired) electrons. The van der Waals surface area contributed by atoms with E-state index in [0.717, 1.165) is 83.2 Å². The van der Waals surface area contributed by atoms with Gasteiger partial charge in [0.2, 0.25) is 0 Å². The molecule has 268 valence electrons. The molecule has 57 heavy (non-hydrogen) atoms. The van der Waals surface area contributed by atoms with E-state index >= 15 is 0 Å². The molecule has 1 aliphatic heterocycles. The van der Waals surface area contributed by atoms with Crippen molar-refractivity contribution < 1.29 is 8.83 Å². The number of fused-ring (bicyclic) bond motifs is 9. The average molecular weight is 733 g/mol. The lowest BCUT2D eigenvalue weighted by molar-refractivity contribution is 0.667. The summed E-state index contributed by atoms with van der Waals surface area (Å²) < 4.78 is 15.0. The summed E-state index contributed by atoms with van der Waals surface area (Å²) in [4.78, 5) is 10.3. The smallest absolute Gasteiger partial charge is 0.159 e. The molecule has 0 aliphatic carbocycles. The minimum Gasteiger partial charge on any atom is -0.456 e. The predicted octanol–water partition coefficient (Wildman–Crippen LogP) is 12.7. The van der Waals surface area contributed by atoms with Crippen LogP contribution in [0.25, 0.3) is 82.5 Å². The molecule has 6 nitrogen and oxygen atoms in total. The highest BCUT2D eigenvalue weighted by Crippen LogP contribution is 2.38. The molecular formula is C51H32N4O2. The molecule has 0 bridgehead atoms. The zero-order valence-corrected chi connectivity index (χ0v) is 30.6. The SMILES string of the molecule is c1ccc(C2N=C(c3ccc4c(c3)oc3ccccc34)N=C(c3ccc4oc5ccc(-c6ccc7c(c6)c6ccccc6n7-c6ccccc6)cc5c4c3)N2)cc1. The first-order valence-corrected chi connectivity index (χ1v) is 19.2. The maximum atomic E-state index is 6.41. The maximum Gasteiger partial charge on any atom is 0.159 e. The molecule has 1 N–H and O–H groups in total. The van der Waals surface area contributed by atoms with Gasteiger partial charge in [-0.1, -0.05) is 103 Å². The summed E-state index contributed by atoms with van der Waals surface area (Å²) in [5, 5.41) is 10.3. The summed E-state index contributed by atoms with van der Waals surface area (Å²) >= 11 is 0. The minimum absolute atomic E-state index is 0.328. The molecule has 1 unspecified atom stereocenters. The van der Waals surface area contributed by atoms with E-state index in [2.05, 4.69) is 143 Å². The Hall–Kier alpha value is -7.70. The van der Waals surface area contributed by atoms with Crippen LogP contribution in [0.5, 0.6) is 0 Å². The van der Waals surface area contributed by atoms with Gasteiger partial charge in [0.1, 0.15) is 34.3 Å². The number of hydrogen-bond acceptors (Lipinski definition) is 5. The van der Waals surface area contributed by atoms with Gasteiger partial charge in [0.05, 0.1) is 11.0 Å². The van der Waals surface area contributed by atoms with Crippen LogP contribution in [0, 0.1) is 0 Å². The zero-order valence-electron chi connectivity index (χ0n) is 30.6. The molecular weight excluding hydrogens is 701 g/mol. The number of rotatable bonds is 5. The molecule has 3 aromatic heterocycles. The fourth-order valence-corrected chi connectivity index (χ4v) is 8.51. The minimum atomic E-state index is -0.328. The van der Waals surface area contributed by atoms with Gasteiger partial charge < -0.3 is 18.7 Å². The van der Waals surface area contributed by atoms with Gasteiger partial charge in [-0.15, -0.1) is 0 Å². The van der Waals surface area contributed by atoms with Gasteiger partial charge in [-0.25, -0.2) is 9.98 Å². The maximum absolute atomic E-state index is 6.41. The number of aliphatic imine (C=N–C) groups is 2. The number of aromatic nitrogens is 1. The van der Waals surface area contributed by atoms with Crippen LogP contribution in [0.4, 0.5) is 0 Å². The predicted molar refractivity (Wildman–Crippen MR) is 233 cm³/mol. The van der Waals surface area contributed by atoms with E-state index in [9.17, 15) is 0 Å². The van der Waals surface area contributed by atoms with Crippen LogP contribution in [0.15, 0.2) is 201 Å². The van der Waals surface area contributed by atoms with E-state index in [1.807, 2.05) is 48.5 Å². The van der Waals surface area contributed by atoms with Crippen molar-refractivity contribution >= 4 is 77.4 Å². The van der Waals surface area contributed by atoms with Gasteiger partial charge >= 0.3 is 0 Å². The van der Waals surface area contributed by atoms with Gasteiger partial charge in [-0.2, -0.15) is 0 Å². The van der Waals surface area contributed by atoms with Crippen molar-refractivity contribution in [1.29, 1.82) is 0 Å². The molecule has 1 atom stereocenters. The molecule has 6 heteroatoms. The van der Waals surface area contributed by atoms with Gasteiger partial charge in [-0.05, 0) is 95.6 Å². The first kappa shape index (κ1) is 31.6. The Bertz CT molecular complexity index is 3440. The average Bonchev–Trinajstić information content (AvgIpc) is 3.95. The van der Waals surface area contributed by atoms with Gasteiger partial charge in [0, 0.05) is 49.1 Å². The zero-order chi connectivity index (χ0) is 37.5. The number of furan rings is 2. The lowest BCUT2D eigenvalue weighted by Gasteiger charge is -2.23. The Morgan fingerprint density at radius 2 is 1.00 bits per heavy atom. The summed E-state index contributed by atoms with van der Waals surface area (Å²) in [6, 6.07) is 63.4. The van der Waals surface area contributed by atoms with Crippen LogP contribution < -0.4 is 5.32 Å². The molecule has 0 spiro atoms. The van der Waals surface area contributed by atoms with Crippen molar-refractivity contribution in [1.82, 2.24) is 9.88 Å². The quantitative estimate of drug-likeness (QED) is 0.192. The topological polar surface area (TPSA) is 68.0 Å². The van der Waals surface area contributed by atoms with Crippen molar-refractivity contribution in [3.63, 3.8) is 0 Å². The van der Waals surface area contributed by atoms with E-state index in [1.54, 1.807) is 0 Å². The Morgan fingerprint density at radius 3 is 1.82 bits per heavy atom. The third kappa shape index (κ3) is 5.11. The molecule has 0 saturated carbocycles. The Morgan fingerprint density at radius 1 is 0.421 bits per heavy atom. The second-order valence-corrected chi connectivity index (χ2v) is 14.6. The Kier molecular flexibility index (Phi) is 6.89. The third-order valence-corrected chi connectivity index (χ3v) is 11.3. The molecule has 0 amide bonds. The number of benzene rings is 8. The number of amidine groups is 2. The molecule has 11 aromatic rings. The number of hydrogen-bond donors (Lipinski definition) is 1. The Balaban J connectivity index is 0.965. The summed E-state index contributed by atoms with van der Waals surface area (Å²) in [7, 11) is 0. The van der Waals surface area contributed by atoms with E-state index < -0.39 is 0 Å². The Labute approximate surface area is 326 Å². The first-order valence-electron chi connectivity index (χ1n) is 19.2. The monoisotopic (exact) mass is 732 g/mol. The fraction of sp³-hybridized carbons (Fsp3) is 0.0196. The van der Waals surface area contributed by atoms with Crippen molar-refractivity contribution in [2.45, 2.75) is 6.17 Å². The lowest BCUT2D eigenvalue weighted by atomic mass is 10.00. The van der Waals surface area contributed by atoms with Crippen molar-refractivity contribution in [3.8, 4) is 16.8 Å². The number of para-hydroxylation sites is 3. The van der Waals surface area contributed by atoms with Crippen molar-refractivity contribution in [2.75, 3.05) is 0 Å². The molecule has 1 aliphatic rings. The van der Waals surface area contributed by atoms with Crippen molar-refractivity contribution in [2.24, 2.45) is 9.98 Å².